The summed E-state index contributed by atoms with van der Waals surface area (Å²) in [6, 6.07) is -0.729. The van der Waals surface area contributed by atoms with E-state index in [1.54, 1.807) is 0 Å². The molecular weight excluding hydrogens is 839 g/mol. The van der Waals surface area contributed by atoms with Gasteiger partial charge in [-0.2, -0.15) is 0 Å². The van der Waals surface area contributed by atoms with Gasteiger partial charge in [0.1, 0.15) is 6.10 Å². The molecule has 0 bridgehead atoms. The van der Waals surface area contributed by atoms with Crippen molar-refractivity contribution < 1.29 is 24.5 Å². The van der Waals surface area contributed by atoms with Crippen LogP contribution in [0, 0.1) is 0 Å². The molecule has 3 unspecified atom stereocenters. The van der Waals surface area contributed by atoms with Crippen molar-refractivity contribution in [1.82, 2.24) is 5.32 Å². The second-order valence-corrected chi connectivity index (χ2v) is 18.8. The number of rotatable bonds is 49. The minimum atomic E-state index is -0.812. The summed E-state index contributed by atoms with van der Waals surface area (Å²) >= 11 is 0. The molecule has 68 heavy (non-hydrogen) atoms. The van der Waals surface area contributed by atoms with Crippen LogP contribution in [0.3, 0.4) is 0 Å². The Morgan fingerprint density at radius 2 is 0.779 bits per heavy atom. The number of nitrogens with one attached hydrogen (secondary N) is 1. The maximum absolute atomic E-state index is 13.3. The lowest BCUT2D eigenvalue weighted by Gasteiger charge is -2.24. The number of ether oxygens (including phenoxy) is 1. The summed E-state index contributed by atoms with van der Waals surface area (Å²) in [5.41, 5.74) is 0. The van der Waals surface area contributed by atoms with Crippen molar-refractivity contribution in [2.45, 2.75) is 264 Å². The van der Waals surface area contributed by atoms with Gasteiger partial charge in [-0.25, -0.2) is 0 Å². The third-order valence-corrected chi connectivity index (χ3v) is 12.3. The molecule has 0 aromatic heterocycles. The molecule has 6 nitrogen and oxygen atoms in total. The van der Waals surface area contributed by atoms with Crippen LogP contribution in [-0.4, -0.2) is 46.9 Å². The Labute approximate surface area is 419 Å². The van der Waals surface area contributed by atoms with Crippen LogP contribution in [0.25, 0.3) is 0 Å². The predicted octanol–water partition coefficient (Wildman–Crippen LogP) is 17.5. The Balaban J connectivity index is 4.73. The fourth-order valence-corrected chi connectivity index (χ4v) is 8.00. The Hall–Kier alpha value is -3.48. The number of aliphatic hydroxyl groups excluding tert-OH is 2. The summed E-state index contributed by atoms with van der Waals surface area (Å²) in [7, 11) is 0. The number of aliphatic hydroxyl groups is 2. The first-order valence-electron chi connectivity index (χ1n) is 28.2. The highest BCUT2D eigenvalue weighted by Crippen LogP contribution is 2.17. The molecule has 6 heteroatoms. The SMILES string of the molecule is CCC/C=C/C=C/C=C/C=C/C=C/CCCCCC(CC(=O)NC(CO)C(O)CCCCCCCCCCCCCCCCC)OC(=O)CCCCCCC/C=C/C=C/C=C/C=C/CCCCC. The molecule has 0 saturated heterocycles. The van der Waals surface area contributed by atoms with Gasteiger partial charge in [-0.3, -0.25) is 9.59 Å². The molecular formula is C62H105NO5. The van der Waals surface area contributed by atoms with Gasteiger partial charge in [-0.15, -0.1) is 0 Å². The number of carbonyl (C=O) groups excluding carboxylic acids is 2. The molecule has 0 aromatic carbocycles. The Bertz CT molecular complexity index is 1380. The third-order valence-electron chi connectivity index (χ3n) is 12.3. The lowest BCUT2D eigenvalue weighted by molar-refractivity contribution is -0.151. The predicted molar refractivity (Wildman–Crippen MR) is 296 cm³/mol. The van der Waals surface area contributed by atoms with E-state index < -0.39 is 18.2 Å². The number of unbranched alkanes of at least 4 members (excludes halogenated alkanes) is 26. The van der Waals surface area contributed by atoms with Gasteiger partial charge in [0.25, 0.3) is 0 Å². The number of hydrogen-bond acceptors (Lipinski definition) is 5. The van der Waals surface area contributed by atoms with Gasteiger partial charge in [0.2, 0.25) is 5.91 Å². The van der Waals surface area contributed by atoms with Crippen molar-refractivity contribution in [2.75, 3.05) is 6.61 Å². The fraction of sp³-hybridized carbons (Fsp3) is 0.677. The van der Waals surface area contributed by atoms with Crippen LogP contribution in [-0.2, 0) is 14.3 Å². The standard InChI is InChI=1S/C62H105NO5/c1-4-7-10-13-16-19-22-25-28-30-31-34-37-40-43-46-49-52-55-62(67)68-58(53-50-47-44-41-38-35-33-29-26-23-20-17-14-11-8-5-2)56-61(66)63-59(57-64)60(65)54-51-48-45-42-39-36-32-27-24-21-18-15-12-9-6-3/h11,14,16-17,19-20,22-23,25-26,28-31,33-35,38,58-60,64-65H,4-10,12-13,15,18,21,24,27,32,36-37,39-57H2,1-3H3,(H,63,66)/b14-11+,19-16+,20-17+,25-22+,26-23+,30-28+,33-29+,34-31+,38-35+. The van der Waals surface area contributed by atoms with E-state index in [2.05, 4.69) is 99.0 Å². The zero-order chi connectivity index (χ0) is 49.5. The lowest BCUT2D eigenvalue weighted by Crippen LogP contribution is -2.46. The molecule has 0 radical (unpaired) electrons. The minimum Gasteiger partial charge on any atom is -0.462 e. The summed E-state index contributed by atoms with van der Waals surface area (Å²) in [6.07, 6.45) is 74.2. The molecule has 0 aliphatic rings. The number of amides is 1. The van der Waals surface area contributed by atoms with Crippen molar-refractivity contribution in [1.29, 1.82) is 0 Å². The first kappa shape index (κ1) is 64.5. The Kier molecular flexibility index (Phi) is 51.7. The molecule has 0 heterocycles. The van der Waals surface area contributed by atoms with E-state index in [0.717, 1.165) is 103 Å². The number of hydrogen-bond donors (Lipinski definition) is 3. The molecule has 3 N–H and O–H groups in total. The maximum atomic E-state index is 13.3. The summed E-state index contributed by atoms with van der Waals surface area (Å²) in [4.78, 5) is 26.3. The highest BCUT2D eigenvalue weighted by molar-refractivity contribution is 5.77. The van der Waals surface area contributed by atoms with Crippen LogP contribution in [0.15, 0.2) is 109 Å². The summed E-state index contributed by atoms with van der Waals surface area (Å²) in [6.45, 7) is 6.35. The lowest BCUT2D eigenvalue weighted by atomic mass is 10.0. The van der Waals surface area contributed by atoms with E-state index in [-0.39, 0.29) is 24.9 Å². The van der Waals surface area contributed by atoms with Crippen LogP contribution >= 0.6 is 0 Å². The smallest absolute Gasteiger partial charge is 0.306 e. The average Bonchev–Trinajstić information content (AvgIpc) is 3.33. The van der Waals surface area contributed by atoms with Crippen LogP contribution in [0.5, 0.6) is 0 Å². The van der Waals surface area contributed by atoms with Crippen LogP contribution in [0.1, 0.15) is 245 Å². The fourth-order valence-electron chi connectivity index (χ4n) is 8.00. The van der Waals surface area contributed by atoms with Gasteiger partial charge in [0, 0.05) is 6.42 Å². The minimum absolute atomic E-state index is 0.0333. The second-order valence-electron chi connectivity index (χ2n) is 18.8. The van der Waals surface area contributed by atoms with Gasteiger partial charge in [0.15, 0.2) is 0 Å². The highest BCUT2D eigenvalue weighted by atomic mass is 16.5. The van der Waals surface area contributed by atoms with E-state index in [4.69, 9.17) is 4.74 Å². The van der Waals surface area contributed by atoms with E-state index in [0.29, 0.717) is 19.3 Å². The van der Waals surface area contributed by atoms with Crippen LogP contribution < -0.4 is 5.32 Å². The van der Waals surface area contributed by atoms with Gasteiger partial charge in [0.05, 0.1) is 25.2 Å². The van der Waals surface area contributed by atoms with Crippen molar-refractivity contribution in [3.05, 3.63) is 109 Å². The normalized spacial score (nSPS) is 14.0. The average molecular weight is 945 g/mol. The van der Waals surface area contributed by atoms with Crippen LogP contribution in [0.4, 0.5) is 0 Å². The molecule has 388 valence electrons. The van der Waals surface area contributed by atoms with E-state index in [1.165, 1.54) is 96.3 Å². The molecule has 0 spiro atoms. The second kappa shape index (κ2) is 54.5. The molecule has 0 aromatic rings. The van der Waals surface area contributed by atoms with Crippen molar-refractivity contribution in [3.63, 3.8) is 0 Å². The van der Waals surface area contributed by atoms with Gasteiger partial charge >= 0.3 is 5.97 Å². The van der Waals surface area contributed by atoms with Crippen molar-refractivity contribution in [2.24, 2.45) is 0 Å². The van der Waals surface area contributed by atoms with Crippen LogP contribution in [0.2, 0.25) is 0 Å². The van der Waals surface area contributed by atoms with E-state index in [9.17, 15) is 19.8 Å². The molecule has 3 atom stereocenters. The van der Waals surface area contributed by atoms with Gasteiger partial charge in [-0.05, 0) is 70.6 Å². The van der Waals surface area contributed by atoms with E-state index in [1.807, 2.05) is 36.5 Å². The van der Waals surface area contributed by atoms with Crippen molar-refractivity contribution >= 4 is 11.9 Å². The zero-order valence-electron chi connectivity index (χ0n) is 44.2. The van der Waals surface area contributed by atoms with E-state index >= 15 is 0 Å². The number of carbonyl (C=O) groups is 2. The molecule has 0 saturated carbocycles. The number of esters is 1. The van der Waals surface area contributed by atoms with Crippen molar-refractivity contribution in [3.8, 4) is 0 Å². The largest absolute Gasteiger partial charge is 0.462 e. The highest BCUT2D eigenvalue weighted by Gasteiger charge is 2.24. The summed E-state index contributed by atoms with van der Waals surface area (Å²) < 4.78 is 5.93. The molecule has 0 rings (SSSR count). The molecule has 0 aliphatic heterocycles. The topological polar surface area (TPSA) is 95.9 Å². The van der Waals surface area contributed by atoms with Gasteiger partial charge in [-0.1, -0.05) is 271 Å². The Morgan fingerprint density at radius 3 is 1.24 bits per heavy atom. The van der Waals surface area contributed by atoms with Gasteiger partial charge < -0.3 is 20.3 Å². The first-order chi connectivity index (χ1) is 33.5. The summed E-state index contributed by atoms with van der Waals surface area (Å²) in [5.74, 6) is -0.548. The monoisotopic (exact) mass is 944 g/mol. The zero-order valence-corrected chi connectivity index (χ0v) is 44.2. The quantitative estimate of drug-likeness (QED) is 0.0321. The molecule has 0 aliphatic carbocycles. The summed E-state index contributed by atoms with van der Waals surface area (Å²) in [5, 5.41) is 23.9. The molecule has 0 fully saturated rings. The Morgan fingerprint density at radius 1 is 0.426 bits per heavy atom. The molecule has 1 amide bonds. The third kappa shape index (κ3) is 49.0. The maximum Gasteiger partial charge on any atom is 0.306 e. The number of allylic oxidation sites excluding steroid dienone is 18. The first-order valence-corrected chi connectivity index (χ1v) is 28.2.